The lowest BCUT2D eigenvalue weighted by atomic mass is 10.0. The number of carbonyl (C=O) groups excluding carboxylic acids is 2. The van der Waals surface area contributed by atoms with Crippen LogP contribution >= 0.6 is 11.8 Å². The number of fused-ring (bicyclic) bond motifs is 1. The first-order valence-corrected chi connectivity index (χ1v) is 7.10. The van der Waals surface area contributed by atoms with Crippen LogP contribution in [-0.4, -0.2) is 39.5 Å². The molecule has 2 atom stereocenters. The Labute approximate surface area is 116 Å². The van der Waals surface area contributed by atoms with Crippen molar-refractivity contribution >= 4 is 23.6 Å². The number of carbonyl (C=O) groups is 2. The summed E-state index contributed by atoms with van der Waals surface area (Å²) in [4.78, 5) is 25.5. The molecule has 104 valence electrons. The second-order valence-corrected chi connectivity index (χ2v) is 6.62. The van der Waals surface area contributed by atoms with Crippen LogP contribution in [0.1, 0.15) is 20.8 Å². The van der Waals surface area contributed by atoms with Crippen LogP contribution < -0.4 is 5.73 Å². The first-order valence-electron chi connectivity index (χ1n) is 6.05. The van der Waals surface area contributed by atoms with Crippen molar-refractivity contribution in [1.29, 1.82) is 0 Å². The third-order valence-electron chi connectivity index (χ3n) is 2.88. The fourth-order valence-electron chi connectivity index (χ4n) is 2.01. The number of hydrogen-bond acceptors (Lipinski definition) is 5. The fourth-order valence-corrected chi connectivity index (χ4v) is 3.30. The van der Waals surface area contributed by atoms with Gasteiger partial charge in [0.25, 0.3) is 0 Å². The molecule has 19 heavy (non-hydrogen) atoms. The van der Waals surface area contributed by atoms with Crippen LogP contribution in [-0.2, 0) is 14.3 Å². The van der Waals surface area contributed by atoms with Gasteiger partial charge in [0, 0.05) is 5.75 Å². The Morgan fingerprint density at radius 1 is 1.58 bits per heavy atom. The monoisotopic (exact) mass is 282 g/mol. The SMILES string of the molecule is C=CC1=C(C(=O)OC(C)(C)C)N2C(=O)C(N)[C@@H]2SC1. The van der Waals surface area contributed by atoms with Crippen LogP contribution in [0.15, 0.2) is 23.9 Å². The predicted molar refractivity (Wildman–Crippen MR) is 74.1 cm³/mol. The van der Waals surface area contributed by atoms with Gasteiger partial charge in [-0.2, -0.15) is 0 Å². The minimum absolute atomic E-state index is 0.168. The molecule has 2 N–H and O–H groups in total. The molecule has 1 saturated heterocycles. The van der Waals surface area contributed by atoms with Gasteiger partial charge in [0.05, 0.1) is 0 Å². The minimum atomic E-state index is -0.605. The molecule has 0 bridgehead atoms. The first kappa shape index (κ1) is 14.1. The molecule has 0 aliphatic carbocycles. The maximum atomic E-state index is 12.3. The number of β-lactam (4-membered cyclic amide) rings is 1. The number of amides is 1. The van der Waals surface area contributed by atoms with Gasteiger partial charge in [-0.3, -0.25) is 9.69 Å². The van der Waals surface area contributed by atoms with Crippen LogP contribution in [0.3, 0.4) is 0 Å². The average molecular weight is 282 g/mol. The Bertz CT molecular complexity index is 479. The number of rotatable bonds is 2. The van der Waals surface area contributed by atoms with E-state index < -0.39 is 17.6 Å². The Kier molecular flexibility index (Phi) is 3.49. The number of nitrogens with zero attached hydrogens (tertiary/aromatic N) is 1. The van der Waals surface area contributed by atoms with E-state index in [-0.39, 0.29) is 11.3 Å². The fraction of sp³-hybridized carbons (Fsp3) is 0.538. The summed E-state index contributed by atoms with van der Waals surface area (Å²) in [7, 11) is 0. The summed E-state index contributed by atoms with van der Waals surface area (Å²) in [5.74, 6) is -0.120. The van der Waals surface area contributed by atoms with Crippen LogP contribution in [0.5, 0.6) is 0 Å². The van der Waals surface area contributed by atoms with E-state index in [1.54, 1.807) is 26.8 Å². The van der Waals surface area contributed by atoms with E-state index >= 15 is 0 Å². The molecule has 6 heteroatoms. The average Bonchev–Trinajstić information content (AvgIpc) is 2.33. The molecule has 0 aromatic carbocycles. The number of nitrogens with two attached hydrogens (primary N) is 1. The molecule has 1 amide bonds. The molecule has 1 unspecified atom stereocenters. The van der Waals surface area contributed by atoms with Crippen molar-refractivity contribution in [2.75, 3.05) is 5.75 Å². The minimum Gasteiger partial charge on any atom is -0.455 e. The molecule has 2 heterocycles. The highest BCUT2D eigenvalue weighted by molar-refractivity contribution is 8.00. The van der Waals surface area contributed by atoms with E-state index in [1.807, 2.05) is 0 Å². The lowest BCUT2D eigenvalue weighted by Crippen LogP contribution is -2.68. The second kappa shape index (κ2) is 4.68. The van der Waals surface area contributed by atoms with Crippen molar-refractivity contribution in [3.8, 4) is 0 Å². The summed E-state index contributed by atoms with van der Waals surface area (Å²) in [6, 6.07) is -0.534. The summed E-state index contributed by atoms with van der Waals surface area (Å²) in [5, 5.41) is -0.168. The maximum Gasteiger partial charge on any atom is 0.355 e. The topological polar surface area (TPSA) is 72.6 Å². The van der Waals surface area contributed by atoms with Crippen molar-refractivity contribution in [3.05, 3.63) is 23.9 Å². The van der Waals surface area contributed by atoms with Gasteiger partial charge in [-0.05, 0) is 26.3 Å². The van der Waals surface area contributed by atoms with Gasteiger partial charge in [0.15, 0.2) is 0 Å². The predicted octanol–water partition coefficient (Wildman–Crippen LogP) is 1.01. The van der Waals surface area contributed by atoms with Gasteiger partial charge in [0.2, 0.25) is 5.91 Å². The second-order valence-electron chi connectivity index (χ2n) is 5.52. The molecule has 2 aliphatic heterocycles. The Morgan fingerprint density at radius 2 is 2.21 bits per heavy atom. The van der Waals surface area contributed by atoms with Crippen LogP contribution in [0.25, 0.3) is 0 Å². The Hall–Kier alpha value is -1.27. The summed E-state index contributed by atoms with van der Waals surface area (Å²) < 4.78 is 5.36. The maximum absolute atomic E-state index is 12.3. The molecule has 0 saturated carbocycles. The normalized spacial score (nSPS) is 26.7. The lowest BCUT2D eigenvalue weighted by molar-refractivity contribution is -0.157. The third-order valence-corrected chi connectivity index (χ3v) is 4.20. The van der Waals surface area contributed by atoms with E-state index in [0.29, 0.717) is 11.4 Å². The molecule has 5 nitrogen and oxygen atoms in total. The van der Waals surface area contributed by atoms with Crippen LogP contribution in [0.2, 0.25) is 0 Å². The van der Waals surface area contributed by atoms with Crippen molar-refractivity contribution in [2.24, 2.45) is 5.73 Å². The van der Waals surface area contributed by atoms with Crippen molar-refractivity contribution in [3.63, 3.8) is 0 Å². The van der Waals surface area contributed by atoms with Crippen LogP contribution in [0, 0.1) is 0 Å². The van der Waals surface area contributed by atoms with Gasteiger partial charge in [0.1, 0.15) is 22.7 Å². The zero-order chi connectivity index (χ0) is 14.4. The molecule has 0 spiro atoms. The van der Waals surface area contributed by atoms with E-state index in [1.165, 1.54) is 16.7 Å². The van der Waals surface area contributed by atoms with E-state index in [0.717, 1.165) is 5.57 Å². The van der Waals surface area contributed by atoms with Gasteiger partial charge < -0.3 is 10.5 Å². The van der Waals surface area contributed by atoms with E-state index in [4.69, 9.17) is 10.5 Å². The summed E-state index contributed by atoms with van der Waals surface area (Å²) >= 11 is 1.54. The van der Waals surface area contributed by atoms with Gasteiger partial charge in [-0.25, -0.2) is 4.79 Å². The van der Waals surface area contributed by atoms with Gasteiger partial charge in [-0.15, -0.1) is 11.8 Å². The quantitative estimate of drug-likeness (QED) is 0.604. The third kappa shape index (κ3) is 2.42. The van der Waals surface area contributed by atoms with E-state index in [9.17, 15) is 9.59 Å². The summed E-state index contributed by atoms with van der Waals surface area (Å²) in [6.07, 6.45) is 1.60. The Balaban J connectivity index is 2.33. The highest BCUT2D eigenvalue weighted by atomic mass is 32.2. The van der Waals surface area contributed by atoms with Crippen molar-refractivity contribution in [2.45, 2.75) is 37.8 Å². The van der Waals surface area contributed by atoms with Crippen LogP contribution in [0.4, 0.5) is 0 Å². The molecular formula is C13H18N2O3S. The van der Waals surface area contributed by atoms with E-state index in [2.05, 4.69) is 6.58 Å². The molecular weight excluding hydrogens is 264 g/mol. The Morgan fingerprint density at radius 3 is 2.74 bits per heavy atom. The van der Waals surface area contributed by atoms with Crippen molar-refractivity contribution in [1.82, 2.24) is 4.90 Å². The number of hydrogen-bond donors (Lipinski definition) is 1. The molecule has 2 rings (SSSR count). The first-order chi connectivity index (χ1) is 8.76. The highest BCUT2D eigenvalue weighted by Crippen LogP contribution is 2.40. The zero-order valence-corrected chi connectivity index (χ0v) is 12.1. The molecule has 1 fully saturated rings. The number of allylic oxidation sites excluding steroid dienone is 1. The number of esters is 1. The smallest absolute Gasteiger partial charge is 0.355 e. The lowest BCUT2D eigenvalue weighted by Gasteiger charge is -2.48. The molecule has 0 aromatic rings. The summed E-state index contributed by atoms with van der Waals surface area (Å²) in [6.45, 7) is 9.06. The summed E-state index contributed by atoms with van der Waals surface area (Å²) in [5.41, 5.74) is 6.15. The zero-order valence-electron chi connectivity index (χ0n) is 11.3. The molecule has 0 aromatic heterocycles. The largest absolute Gasteiger partial charge is 0.455 e. The highest BCUT2D eigenvalue weighted by Gasteiger charge is 2.52. The number of ether oxygens (including phenoxy) is 1. The number of thioether (sulfide) groups is 1. The molecule has 0 radical (unpaired) electrons. The van der Waals surface area contributed by atoms with Gasteiger partial charge in [-0.1, -0.05) is 12.7 Å². The standard InChI is InChI=1S/C13H18N2O3S/c1-5-7-6-19-11-8(14)10(16)15(11)9(7)12(17)18-13(2,3)4/h5,8,11H,1,6,14H2,2-4H3/t8?,11-/m0/s1. The van der Waals surface area contributed by atoms with Gasteiger partial charge >= 0.3 is 5.97 Å². The van der Waals surface area contributed by atoms with Crippen molar-refractivity contribution < 1.29 is 14.3 Å². The molecule has 2 aliphatic rings.